The van der Waals surface area contributed by atoms with E-state index < -0.39 is 27.8 Å². The molecule has 0 spiro atoms. The maximum Gasteiger partial charge on any atom is 0.286 e. The molecule has 1 fully saturated rings. The molecule has 1 aromatic heterocycles. The fourth-order valence-electron chi connectivity index (χ4n) is 8.07. The third-order valence-electron chi connectivity index (χ3n) is 11.1. The number of amides is 2. The average Bonchev–Trinajstić information content (AvgIpc) is 3.51. The van der Waals surface area contributed by atoms with Gasteiger partial charge in [0, 0.05) is 55.6 Å². The van der Waals surface area contributed by atoms with Crippen LogP contribution in [0.5, 0.6) is 5.75 Å². The van der Waals surface area contributed by atoms with Crippen LogP contribution < -0.4 is 14.4 Å². The summed E-state index contributed by atoms with van der Waals surface area (Å²) in [7, 11) is -1.81. The molecular weight excluding hydrogens is 700 g/mol. The molecule has 3 aliphatic heterocycles. The Bertz CT molecular complexity index is 1970. The Labute approximate surface area is 311 Å². The zero-order valence-corrected chi connectivity index (χ0v) is 31.5. The van der Waals surface area contributed by atoms with Crippen LogP contribution >= 0.6 is 11.6 Å². The van der Waals surface area contributed by atoms with Gasteiger partial charge in [-0.25, -0.2) is 4.21 Å². The number of aliphatic hydroxyl groups is 1. The molecule has 6 atom stereocenters. The molecule has 3 aromatic rings. The van der Waals surface area contributed by atoms with E-state index in [0.717, 1.165) is 50.0 Å². The SMILES string of the molecule is CO[C@H]1/C=C/C[C@H](C)CS(=O)(NC(=O)c2cc3n(c2)CCC(O)C3)=NC(=O)c2ccc3c(c2)N(Cc2ccc(Cl)cc2CCCCO3)C[C@@H]2CC[C@H]21. The summed E-state index contributed by atoms with van der Waals surface area (Å²) in [5.74, 6) is -0.0471. The van der Waals surface area contributed by atoms with Crippen LogP contribution in [0.25, 0.3) is 0 Å². The van der Waals surface area contributed by atoms with Gasteiger partial charge in [-0.15, -0.1) is 4.36 Å². The van der Waals surface area contributed by atoms with Crippen molar-refractivity contribution >= 4 is 39.0 Å². The first-order valence-electron chi connectivity index (χ1n) is 18.5. The smallest absolute Gasteiger partial charge is 0.286 e. The molecule has 0 radical (unpaired) electrons. The Hall–Kier alpha value is -3.64. The molecule has 2 aromatic carbocycles. The molecule has 10 nitrogen and oxygen atoms in total. The van der Waals surface area contributed by atoms with Gasteiger partial charge in [0.2, 0.25) is 0 Å². The Kier molecular flexibility index (Phi) is 11.1. The fourth-order valence-corrected chi connectivity index (χ4v) is 10.2. The summed E-state index contributed by atoms with van der Waals surface area (Å²) in [4.78, 5) is 30.0. The normalized spacial score (nSPS) is 28.7. The highest BCUT2D eigenvalue weighted by molar-refractivity contribution is 7.92. The lowest BCUT2D eigenvalue weighted by atomic mass is 9.70. The topological polar surface area (TPSA) is 122 Å². The number of aromatic nitrogens is 1. The maximum absolute atomic E-state index is 14.7. The number of fused-ring (bicyclic) bond motifs is 4. The second-order valence-corrected chi connectivity index (χ2v) is 17.4. The van der Waals surface area contributed by atoms with E-state index in [4.69, 9.17) is 21.1 Å². The van der Waals surface area contributed by atoms with E-state index in [-0.39, 0.29) is 23.3 Å². The molecule has 2 bridgehead atoms. The van der Waals surface area contributed by atoms with Crippen LogP contribution in [0.2, 0.25) is 5.02 Å². The Morgan fingerprint density at radius 2 is 1.98 bits per heavy atom. The Morgan fingerprint density at radius 1 is 1.12 bits per heavy atom. The van der Waals surface area contributed by atoms with Crippen LogP contribution in [0.4, 0.5) is 5.69 Å². The second-order valence-electron chi connectivity index (χ2n) is 14.9. The number of nitrogens with zero attached hydrogens (tertiary/aromatic N) is 3. The van der Waals surface area contributed by atoms with Gasteiger partial charge in [-0.2, -0.15) is 0 Å². The number of aryl methyl sites for hydroxylation is 2. The number of allylic oxidation sites excluding steroid dienone is 1. The number of ether oxygens (including phenoxy) is 2. The molecule has 1 saturated carbocycles. The minimum Gasteiger partial charge on any atom is -0.491 e. The van der Waals surface area contributed by atoms with Crippen LogP contribution in [-0.4, -0.2) is 63.9 Å². The lowest BCUT2D eigenvalue weighted by Gasteiger charge is -2.43. The maximum atomic E-state index is 14.7. The van der Waals surface area contributed by atoms with E-state index in [1.54, 1.807) is 31.5 Å². The summed E-state index contributed by atoms with van der Waals surface area (Å²) >= 11 is 6.47. The second kappa shape index (κ2) is 15.8. The van der Waals surface area contributed by atoms with Crippen molar-refractivity contribution in [3.63, 3.8) is 0 Å². The molecule has 1 aliphatic carbocycles. The minimum absolute atomic E-state index is 0.00960. The molecule has 2 unspecified atom stereocenters. The highest BCUT2D eigenvalue weighted by atomic mass is 35.5. The van der Waals surface area contributed by atoms with Gasteiger partial charge in [-0.05, 0) is 110 Å². The quantitative estimate of drug-likeness (QED) is 0.284. The third kappa shape index (κ3) is 8.28. The first-order chi connectivity index (χ1) is 25.1. The molecule has 2 N–H and O–H groups in total. The van der Waals surface area contributed by atoms with Crippen LogP contribution in [-0.2, 0) is 40.6 Å². The highest BCUT2D eigenvalue weighted by Gasteiger charge is 2.38. The van der Waals surface area contributed by atoms with E-state index >= 15 is 0 Å². The summed E-state index contributed by atoms with van der Waals surface area (Å²) in [6, 6.07) is 13.1. The number of benzene rings is 2. The zero-order valence-electron chi connectivity index (χ0n) is 30.0. The average molecular weight is 749 g/mol. The van der Waals surface area contributed by atoms with Gasteiger partial charge in [-0.3, -0.25) is 14.3 Å². The molecule has 12 heteroatoms. The largest absolute Gasteiger partial charge is 0.491 e. The van der Waals surface area contributed by atoms with Crippen molar-refractivity contribution in [2.75, 3.05) is 30.9 Å². The molecule has 4 heterocycles. The fraction of sp³-hybridized carbons (Fsp3) is 0.500. The number of hydrogen-bond donors (Lipinski definition) is 2. The van der Waals surface area contributed by atoms with E-state index in [1.165, 1.54) is 11.1 Å². The van der Waals surface area contributed by atoms with Gasteiger partial charge >= 0.3 is 0 Å². The number of methoxy groups -OCH3 is 1. The first-order valence-corrected chi connectivity index (χ1v) is 20.6. The van der Waals surface area contributed by atoms with E-state index in [1.807, 2.05) is 23.6 Å². The predicted octanol–water partition coefficient (Wildman–Crippen LogP) is 6.76. The number of nitrogens with one attached hydrogen (secondary N) is 1. The van der Waals surface area contributed by atoms with Crippen molar-refractivity contribution < 1.29 is 28.4 Å². The van der Waals surface area contributed by atoms with E-state index in [2.05, 4.69) is 38.3 Å². The van der Waals surface area contributed by atoms with Crippen molar-refractivity contribution in [2.24, 2.45) is 22.1 Å². The number of rotatable bonds is 3. The molecule has 4 aliphatic rings. The van der Waals surface area contributed by atoms with Gasteiger partial charge in [0.1, 0.15) is 15.7 Å². The van der Waals surface area contributed by atoms with Gasteiger partial charge in [0.25, 0.3) is 11.8 Å². The Morgan fingerprint density at radius 3 is 2.79 bits per heavy atom. The summed E-state index contributed by atoms with van der Waals surface area (Å²) < 4.78 is 36.0. The predicted molar refractivity (Wildman–Crippen MR) is 203 cm³/mol. The molecule has 52 heavy (non-hydrogen) atoms. The zero-order chi connectivity index (χ0) is 36.4. The minimum atomic E-state index is -3.56. The molecule has 7 rings (SSSR count). The van der Waals surface area contributed by atoms with E-state index in [0.29, 0.717) is 67.1 Å². The van der Waals surface area contributed by atoms with Gasteiger partial charge in [0.15, 0.2) is 0 Å². The molecule has 2 amide bonds. The molecular formula is C40H49ClN4O6S. The van der Waals surface area contributed by atoms with E-state index in [9.17, 15) is 18.9 Å². The lowest BCUT2D eigenvalue weighted by Crippen LogP contribution is -2.43. The first kappa shape index (κ1) is 36.7. The van der Waals surface area contributed by atoms with Crippen LogP contribution in [0.15, 0.2) is 65.2 Å². The van der Waals surface area contributed by atoms with Gasteiger partial charge in [-0.1, -0.05) is 36.7 Å². The van der Waals surface area contributed by atoms with Crippen LogP contribution in [0.1, 0.15) is 83.0 Å². The molecule has 0 saturated heterocycles. The summed E-state index contributed by atoms with van der Waals surface area (Å²) in [6.45, 7) is 4.39. The number of carbonyl (C=O) groups excluding carboxylic acids is 2. The van der Waals surface area contributed by atoms with Crippen molar-refractivity contribution in [3.05, 3.63) is 93.8 Å². The number of halogens is 1. The summed E-state index contributed by atoms with van der Waals surface area (Å²) in [6.07, 6.45) is 11.8. The number of aliphatic hydroxyl groups excluding tert-OH is 1. The standard InChI is InChI=1S/C40H49ClN4O6S/c1-26-6-5-8-37(50-2)35-13-10-30(35)23-45-22-29-9-12-32(41)18-27(29)7-3-4-17-51-38-14-11-28(20-36(38)45)39(47)42-52(49,25-26)43-40(48)31-19-33-21-34(46)15-16-44(33)24-31/h5,8-9,11-12,14,18-20,24,26,30,34-35,37,46H,3-4,6-7,10,13,15-17,21-23,25H2,1-2H3,(H,42,43,47,48,49)/b8-5+/t26-,30-,34?,35+,37-,52?/m0/s1. The Balaban J connectivity index is 1.29. The highest BCUT2D eigenvalue weighted by Crippen LogP contribution is 2.42. The third-order valence-corrected chi connectivity index (χ3v) is 13.3. The summed E-state index contributed by atoms with van der Waals surface area (Å²) in [5.41, 5.74) is 4.59. The number of hydrogen-bond acceptors (Lipinski definition) is 7. The van der Waals surface area contributed by atoms with Crippen LogP contribution in [0.3, 0.4) is 0 Å². The number of anilines is 1. The molecule has 278 valence electrons. The van der Waals surface area contributed by atoms with Crippen LogP contribution in [0, 0.1) is 17.8 Å². The number of carbonyl (C=O) groups is 2. The lowest BCUT2D eigenvalue weighted by molar-refractivity contribution is 0.0133. The van der Waals surface area contributed by atoms with Gasteiger partial charge in [0.05, 0.1) is 35.8 Å². The monoisotopic (exact) mass is 748 g/mol. The van der Waals surface area contributed by atoms with Crippen molar-refractivity contribution in [1.82, 2.24) is 9.29 Å². The van der Waals surface area contributed by atoms with Crippen molar-refractivity contribution in [3.8, 4) is 5.75 Å². The van der Waals surface area contributed by atoms with Crippen molar-refractivity contribution in [1.29, 1.82) is 0 Å². The van der Waals surface area contributed by atoms with Gasteiger partial charge < -0.3 is 24.0 Å². The summed E-state index contributed by atoms with van der Waals surface area (Å²) in [5, 5.41) is 10.8. The van der Waals surface area contributed by atoms with Crippen molar-refractivity contribution in [2.45, 2.75) is 83.6 Å².